The zero-order valence-electron chi connectivity index (χ0n) is 10.2. The molecular weight excluding hydrogens is 212 g/mol. The molecule has 0 amide bonds. The third-order valence-electron chi connectivity index (χ3n) is 2.38. The van der Waals surface area contributed by atoms with E-state index in [4.69, 9.17) is 9.84 Å². The van der Waals surface area contributed by atoms with Gasteiger partial charge in [-0.15, -0.1) is 0 Å². The van der Waals surface area contributed by atoms with Crippen molar-refractivity contribution in [1.29, 1.82) is 0 Å². The maximum absolute atomic E-state index is 8.50. The fraction of sp³-hybridized carbons (Fsp3) is 0.467. The Bertz CT molecular complexity index is 335. The van der Waals surface area contributed by atoms with Crippen molar-refractivity contribution < 1.29 is 9.84 Å². The predicted octanol–water partition coefficient (Wildman–Crippen LogP) is 2.41. The van der Waals surface area contributed by atoms with Crippen LogP contribution in [-0.4, -0.2) is 24.9 Å². The molecule has 0 spiro atoms. The number of hydrogen-bond acceptors (Lipinski definition) is 2. The summed E-state index contributed by atoms with van der Waals surface area (Å²) >= 11 is 0. The molecule has 0 unspecified atom stereocenters. The van der Waals surface area contributed by atoms with Crippen LogP contribution >= 0.6 is 0 Å². The highest BCUT2D eigenvalue weighted by Crippen LogP contribution is 2.04. The topological polar surface area (TPSA) is 29.5 Å². The number of ether oxygens (including phenoxy) is 1. The predicted molar refractivity (Wildman–Crippen MR) is 69.7 cm³/mol. The number of hydrogen-bond donors (Lipinski definition) is 1. The normalized spacial score (nSPS) is 9.71. The molecule has 1 N–H and O–H groups in total. The lowest BCUT2D eigenvalue weighted by Gasteiger charge is -2.01. The molecule has 0 fully saturated rings. The van der Waals surface area contributed by atoms with E-state index in [2.05, 4.69) is 36.1 Å². The molecule has 0 aromatic heterocycles. The maximum Gasteiger partial charge on any atom is 0.107 e. The van der Waals surface area contributed by atoms with Gasteiger partial charge in [0, 0.05) is 13.0 Å². The van der Waals surface area contributed by atoms with E-state index in [9.17, 15) is 0 Å². The van der Waals surface area contributed by atoms with Gasteiger partial charge in [0.15, 0.2) is 0 Å². The summed E-state index contributed by atoms with van der Waals surface area (Å²) in [4.78, 5) is 0. The van der Waals surface area contributed by atoms with Crippen LogP contribution in [0.3, 0.4) is 0 Å². The number of aliphatic hydroxyl groups excluding tert-OH is 1. The standard InChI is InChI=1S/C15H20O2/c16-12-6-2-7-13-17-14-8-5-11-15-9-3-1-4-10-15/h1,3-4,9-10,16H,5-6,8,11-14H2. The number of aliphatic hydroxyl groups is 1. The van der Waals surface area contributed by atoms with E-state index in [-0.39, 0.29) is 6.61 Å². The van der Waals surface area contributed by atoms with Crippen LogP contribution in [0.25, 0.3) is 0 Å². The van der Waals surface area contributed by atoms with E-state index in [1.54, 1.807) is 0 Å². The van der Waals surface area contributed by atoms with Crippen LogP contribution in [0, 0.1) is 11.8 Å². The van der Waals surface area contributed by atoms with Gasteiger partial charge >= 0.3 is 0 Å². The molecule has 2 nitrogen and oxygen atoms in total. The fourth-order valence-corrected chi connectivity index (χ4v) is 1.50. The molecule has 2 heteroatoms. The van der Waals surface area contributed by atoms with E-state index in [1.165, 1.54) is 5.56 Å². The lowest BCUT2D eigenvalue weighted by molar-refractivity contribution is 0.162. The van der Waals surface area contributed by atoms with Crippen molar-refractivity contribution in [3.8, 4) is 11.8 Å². The minimum atomic E-state index is 0.129. The van der Waals surface area contributed by atoms with Gasteiger partial charge in [0.2, 0.25) is 0 Å². The lowest BCUT2D eigenvalue weighted by Crippen LogP contribution is -1.96. The molecule has 0 aliphatic carbocycles. The van der Waals surface area contributed by atoms with Crippen LogP contribution in [0.2, 0.25) is 0 Å². The molecule has 1 aromatic carbocycles. The number of benzene rings is 1. The van der Waals surface area contributed by atoms with E-state index >= 15 is 0 Å². The molecule has 0 heterocycles. The van der Waals surface area contributed by atoms with Crippen LogP contribution in [0.5, 0.6) is 0 Å². The zero-order valence-corrected chi connectivity index (χ0v) is 10.2. The Morgan fingerprint density at radius 1 is 1.06 bits per heavy atom. The third-order valence-corrected chi connectivity index (χ3v) is 2.38. The van der Waals surface area contributed by atoms with Crippen molar-refractivity contribution in [3.63, 3.8) is 0 Å². The summed E-state index contributed by atoms with van der Waals surface area (Å²) < 4.78 is 5.36. The number of aryl methyl sites for hydroxylation is 1. The molecule has 17 heavy (non-hydrogen) atoms. The molecule has 0 saturated heterocycles. The van der Waals surface area contributed by atoms with Crippen molar-refractivity contribution in [3.05, 3.63) is 35.9 Å². The minimum absolute atomic E-state index is 0.129. The Morgan fingerprint density at radius 3 is 2.65 bits per heavy atom. The molecule has 0 radical (unpaired) electrons. The van der Waals surface area contributed by atoms with Crippen LogP contribution in [0.4, 0.5) is 0 Å². The van der Waals surface area contributed by atoms with Crippen molar-refractivity contribution in [2.75, 3.05) is 19.8 Å². The summed E-state index contributed by atoms with van der Waals surface area (Å²) in [6.45, 7) is 1.37. The van der Waals surface area contributed by atoms with Crippen molar-refractivity contribution in [2.45, 2.75) is 25.7 Å². The van der Waals surface area contributed by atoms with Crippen LogP contribution < -0.4 is 0 Å². The molecule has 0 bridgehead atoms. The maximum atomic E-state index is 8.50. The first-order valence-corrected chi connectivity index (χ1v) is 6.11. The molecular formula is C15H20O2. The summed E-state index contributed by atoms with van der Waals surface area (Å²) in [6.07, 6.45) is 3.86. The second-order valence-corrected chi connectivity index (χ2v) is 3.82. The van der Waals surface area contributed by atoms with Gasteiger partial charge < -0.3 is 9.84 Å². The van der Waals surface area contributed by atoms with Gasteiger partial charge in [-0.05, 0) is 24.8 Å². The van der Waals surface area contributed by atoms with E-state index < -0.39 is 0 Å². The van der Waals surface area contributed by atoms with Gasteiger partial charge in [0.25, 0.3) is 0 Å². The van der Waals surface area contributed by atoms with Crippen molar-refractivity contribution >= 4 is 0 Å². The van der Waals surface area contributed by atoms with Gasteiger partial charge in [0.1, 0.15) is 6.61 Å². The molecule has 0 atom stereocenters. The highest BCUT2D eigenvalue weighted by molar-refractivity contribution is 5.14. The van der Waals surface area contributed by atoms with E-state index in [1.807, 2.05) is 6.07 Å². The molecule has 0 aliphatic heterocycles. The Morgan fingerprint density at radius 2 is 1.88 bits per heavy atom. The van der Waals surface area contributed by atoms with Crippen LogP contribution in [0.15, 0.2) is 30.3 Å². The second-order valence-electron chi connectivity index (χ2n) is 3.82. The summed E-state index contributed by atoms with van der Waals surface area (Å²) in [5.41, 5.74) is 1.38. The molecule has 92 valence electrons. The summed E-state index contributed by atoms with van der Waals surface area (Å²) in [5.74, 6) is 5.69. The van der Waals surface area contributed by atoms with Gasteiger partial charge in [-0.1, -0.05) is 42.2 Å². The molecule has 1 rings (SSSR count). The highest BCUT2D eigenvalue weighted by atomic mass is 16.5. The Balaban J connectivity index is 1.94. The lowest BCUT2D eigenvalue weighted by atomic mass is 10.1. The van der Waals surface area contributed by atoms with Gasteiger partial charge in [-0.25, -0.2) is 0 Å². The van der Waals surface area contributed by atoms with Gasteiger partial charge in [0.05, 0.1) is 6.61 Å². The van der Waals surface area contributed by atoms with Crippen LogP contribution in [0.1, 0.15) is 24.8 Å². The Hall–Kier alpha value is -1.30. The first-order chi connectivity index (χ1) is 8.43. The molecule has 0 aliphatic rings. The molecule has 0 saturated carbocycles. The van der Waals surface area contributed by atoms with Gasteiger partial charge in [-0.2, -0.15) is 0 Å². The first-order valence-electron chi connectivity index (χ1n) is 6.11. The number of rotatable bonds is 7. The van der Waals surface area contributed by atoms with Crippen molar-refractivity contribution in [2.24, 2.45) is 0 Å². The van der Waals surface area contributed by atoms with E-state index in [0.717, 1.165) is 25.9 Å². The quantitative estimate of drug-likeness (QED) is 0.578. The van der Waals surface area contributed by atoms with E-state index in [0.29, 0.717) is 13.0 Å². The average molecular weight is 232 g/mol. The zero-order chi connectivity index (χ0) is 12.2. The molecule has 1 aromatic rings. The second kappa shape index (κ2) is 9.89. The third kappa shape index (κ3) is 7.57. The summed E-state index contributed by atoms with van der Waals surface area (Å²) in [5, 5.41) is 8.50. The Kier molecular flexibility index (Phi) is 8.01. The SMILES string of the molecule is OCCC#CCOCCCCc1ccccc1. The number of unbranched alkanes of at least 4 members (excludes halogenated alkanes) is 1. The van der Waals surface area contributed by atoms with Crippen LogP contribution in [-0.2, 0) is 11.2 Å². The fourth-order valence-electron chi connectivity index (χ4n) is 1.50. The monoisotopic (exact) mass is 232 g/mol. The summed E-state index contributed by atoms with van der Waals surface area (Å²) in [6, 6.07) is 10.5. The largest absolute Gasteiger partial charge is 0.395 e. The average Bonchev–Trinajstić information content (AvgIpc) is 2.38. The minimum Gasteiger partial charge on any atom is -0.395 e. The van der Waals surface area contributed by atoms with Crippen molar-refractivity contribution in [1.82, 2.24) is 0 Å². The summed E-state index contributed by atoms with van der Waals surface area (Å²) in [7, 11) is 0. The highest BCUT2D eigenvalue weighted by Gasteiger charge is 1.92. The first kappa shape index (κ1) is 13.8. The smallest absolute Gasteiger partial charge is 0.107 e. The van der Waals surface area contributed by atoms with Gasteiger partial charge in [-0.3, -0.25) is 0 Å². The Labute approximate surface area is 104 Å².